The van der Waals surface area contributed by atoms with Crippen LogP contribution < -0.4 is 15.4 Å². The van der Waals surface area contributed by atoms with Crippen molar-refractivity contribution in [2.45, 2.75) is 52.7 Å². The third-order valence-electron chi connectivity index (χ3n) is 7.02. The summed E-state index contributed by atoms with van der Waals surface area (Å²) in [6, 6.07) is 4.19. The van der Waals surface area contributed by atoms with E-state index in [4.69, 9.17) is 9.26 Å². The smallest absolute Gasteiger partial charge is 0.321 e. The van der Waals surface area contributed by atoms with Gasteiger partial charge in [-0.1, -0.05) is 12.1 Å². The summed E-state index contributed by atoms with van der Waals surface area (Å²) in [5.74, 6) is 0.254. The van der Waals surface area contributed by atoms with E-state index in [-0.39, 0.29) is 42.5 Å². The van der Waals surface area contributed by atoms with Crippen molar-refractivity contribution < 1.29 is 28.8 Å². The van der Waals surface area contributed by atoms with E-state index in [2.05, 4.69) is 15.8 Å². The molecule has 2 heterocycles. The number of carbonyl (C=O) groups is 3. The first-order valence-corrected chi connectivity index (χ1v) is 13.5. The molecule has 0 radical (unpaired) electrons. The average molecular weight is 559 g/mol. The minimum absolute atomic E-state index is 0.140. The number of amides is 4. The van der Waals surface area contributed by atoms with Crippen LogP contribution in [0.2, 0.25) is 0 Å². The van der Waals surface area contributed by atoms with Crippen molar-refractivity contribution in [3.8, 4) is 5.75 Å². The summed E-state index contributed by atoms with van der Waals surface area (Å²) in [5.41, 5.74) is 1.88. The number of ether oxygens (including phenoxy) is 1. The second-order valence-corrected chi connectivity index (χ2v) is 10.8. The van der Waals surface area contributed by atoms with Gasteiger partial charge in [0.2, 0.25) is 5.91 Å². The van der Waals surface area contributed by atoms with Gasteiger partial charge in [-0.3, -0.25) is 9.59 Å². The number of rotatable bonds is 10. The molecule has 0 aliphatic carbocycles. The van der Waals surface area contributed by atoms with Gasteiger partial charge in [-0.05, 0) is 66.0 Å². The number of aryl methyl sites for hydroxylation is 2. The number of hydrogen-bond acceptors (Lipinski definition) is 8. The fourth-order valence-corrected chi connectivity index (χ4v) is 4.51. The molecule has 220 valence electrons. The number of aliphatic hydroxyl groups is 1. The third kappa shape index (κ3) is 7.72. The summed E-state index contributed by atoms with van der Waals surface area (Å²) in [6.07, 6.45) is 0.604. The minimum Gasteiger partial charge on any atom is -0.487 e. The van der Waals surface area contributed by atoms with Crippen molar-refractivity contribution in [3.63, 3.8) is 0 Å². The van der Waals surface area contributed by atoms with Crippen LogP contribution in [0.3, 0.4) is 0 Å². The molecular weight excluding hydrogens is 516 g/mol. The fourth-order valence-electron chi connectivity index (χ4n) is 4.51. The molecule has 2 aromatic rings. The van der Waals surface area contributed by atoms with E-state index in [0.717, 1.165) is 6.54 Å². The Balaban J connectivity index is 1.82. The Labute approximate surface area is 235 Å². The molecule has 0 saturated heterocycles. The molecule has 3 N–H and O–H groups in total. The van der Waals surface area contributed by atoms with Gasteiger partial charge in [0, 0.05) is 31.6 Å². The van der Waals surface area contributed by atoms with E-state index in [1.807, 2.05) is 25.9 Å². The number of fused-ring (bicyclic) bond motifs is 1. The maximum atomic E-state index is 13.6. The molecule has 1 aliphatic rings. The number of urea groups is 1. The van der Waals surface area contributed by atoms with Gasteiger partial charge in [-0.2, -0.15) is 0 Å². The topological polar surface area (TPSA) is 140 Å². The van der Waals surface area contributed by atoms with Gasteiger partial charge < -0.3 is 39.7 Å². The van der Waals surface area contributed by atoms with Crippen LogP contribution in [0.1, 0.15) is 48.5 Å². The maximum absolute atomic E-state index is 13.6. The first-order valence-electron chi connectivity index (χ1n) is 13.5. The SMILES string of the molecule is Cc1noc(C)c1NC(=O)N(C)C[C@H]1Oc2ccc(NC(=O)CCCN(C)C)cc2C(=O)N([C@@H](C)CO)C[C@@H]1C. The Morgan fingerprint density at radius 1 is 1.23 bits per heavy atom. The monoisotopic (exact) mass is 558 g/mol. The first kappa shape index (κ1) is 30.9. The Bertz CT molecular complexity index is 1180. The van der Waals surface area contributed by atoms with Crippen molar-refractivity contribution >= 4 is 29.2 Å². The Morgan fingerprint density at radius 3 is 2.58 bits per heavy atom. The molecule has 0 fully saturated rings. The molecule has 4 amide bonds. The van der Waals surface area contributed by atoms with Gasteiger partial charge in [-0.25, -0.2) is 4.79 Å². The Hall–Kier alpha value is -3.64. The van der Waals surface area contributed by atoms with E-state index in [9.17, 15) is 19.5 Å². The van der Waals surface area contributed by atoms with Gasteiger partial charge in [0.05, 0.1) is 24.8 Å². The number of hydrogen-bond donors (Lipinski definition) is 3. The van der Waals surface area contributed by atoms with Crippen LogP contribution in [0.4, 0.5) is 16.2 Å². The largest absolute Gasteiger partial charge is 0.487 e. The highest BCUT2D eigenvalue weighted by molar-refractivity contribution is 6.00. The zero-order valence-corrected chi connectivity index (χ0v) is 24.5. The van der Waals surface area contributed by atoms with Crippen LogP contribution in [-0.2, 0) is 4.79 Å². The van der Waals surface area contributed by atoms with E-state index in [1.54, 1.807) is 50.9 Å². The summed E-state index contributed by atoms with van der Waals surface area (Å²) in [4.78, 5) is 44.2. The van der Waals surface area contributed by atoms with Gasteiger partial charge in [-0.15, -0.1) is 0 Å². The minimum atomic E-state index is -0.466. The van der Waals surface area contributed by atoms with E-state index >= 15 is 0 Å². The number of aromatic nitrogens is 1. The van der Waals surface area contributed by atoms with Crippen LogP contribution in [0.25, 0.3) is 0 Å². The lowest BCUT2D eigenvalue weighted by Crippen LogP contribution is -2.50. The molecule has 3 atom stereocenters. The van der Waals surface area contributed by atoms with Crippen molar-refractivity contribution in [1.82, 2.24) is 19.9 Å². The second kappa shape index (κ2) is 13.6. The molecule has 40 heavy (non-hydrogen) atoms. The molecule has 0 saturated carbocycles. The molecule has 12 nitrogen and oxygen atoms in total. The van der Waals surface area contributed by atoms with Crippen molar-refractivity contribution in [3.05, 3.63) is 35.2 Å². The number of aliphatic hydroxyl groups excluding tert-OH is 1. The average Bonchev–Trinajstić information content (AvgIpc) is 3.22. The predicted octanol–water partition coefficient (Wildman–Crippen LogP) is 2.96. The van der Waals surface area contributed by atoms with Gasteiger partial charge in [0.1, 0.15) is 23.2 Å². The first-order chi connectivity index (χ1) is 18.9. The molecule has 12 heteroatoms. The molecule has 3 rings (SSSR count). The third-order valence-corrected chi connectivity index (χ3v) is 7.02. The highest BCUT2D eigenvalue weighted by atomic mass is 16.5. The highest BCUT2D eigenvalue weighted by Crippen LogP contribution is 2.31. The van der Waals surface area contributed by atoms with Crippen LogP contribution in [0, 0.1) is 19.8 Å². The van der Waals surface area contributed by atoms with Crippen molar-refractivity contribution in [1.29, 1.82) is 0 Å². The lowest BCUT2D eigenvalue weighted by atomic mass is 9.99. The molecule has 1 aromatic carbocycles. The Morgan fingerprint density at radius 2 is 1.95 bits per heavy atom. The molecule has 1 aromatic heterocycles. The van der Waals surface area contributed by atoms with Crippen molar-refractivity contribution in [2.75, 3.05) is 58.0 Å². The van der Waals surface area contributed by atoms with Crippen molar-refractivity contribution in [2.24, 2.45) is 5.92 Å². The maximum Gasteiger partial charge on any atom is 0.321 e. The number of nitrogens with one attached hydrogen (secondary N) is 2. The predicted molar refractivity (Wildman–Crippen MR) is 152 cm³/mol. The van der Waals surface area contributed by atoms with E-state index < -0.39 is 12.1 Å². The standard InChI is InChI=1S/C28H42N6O6/c1-17-14-34(18(2)16-35)27(37)22-13-21(29-25(36)9-8-12-32(5)6)10-11-23(22)39-24(17)15-33(7)28(38)30-26-19(3)31-40-20(26)4/h10-11,13,17-18,24,35H,8-9,12,14-16H2,1-7H3,(H,29,36)(H,30,38)/t17-,18-,24+/m0/s1. The number of carbonyl (C=O) groups excluding carboxylic acids is 3. The Kier molecular flexibility index (Phi) is 10.5. The summed E-state index contributed by atoms with van der Waals surface area (Å²) in [6.45, 7) is 8.33. The second-order valence-electron chi connectivity index (χ2n) is 10.8. The molecule has 0 bridgehead atoms. The highest BCUT2D eigenvalue weighted by Gasteiger charge is 2.34. The van der Waals surface area contributed by atoms with Crippen LogP contribution in [0.15, 0.2) is 22.7 Å². The lowest BCUT2D eigenvalue weighted by molar-refractivity contribution is -0.116. The zero-order valence-electron chi connectivity index (χ0n) is 24.5. The number of benzene rings is 1. The summed E-state index contributed by atoms with van der Waals surface area (Å²) in [5, 5.41) is 19.5. The van der Waals surface area contributed by atoms with Crippen LogP contribution in [-0.4, -0.2) is 102 Å². The number of anilines is 2. The molecule has 0 spiro atoms. The summed E-state index contributed by atoms with van der Waals surface area (Å²) >= 11 is 0. The van der Waals surface area contributed by atoms with Gasteiger partial charge in [0.15, 0.2) is 5.76 Å². The number of likely N-dealkylation sites (N-methyl/N-ethyl adjacent to an activating group) is 1. The van der Waals surface area contributed by atoms with Gasteiger partial charge in [0.25, 0.3) is 5.91 Å². The molecule has 1 aliphatic heterocycles. The van der Waals surface area contributed by atoms with E-state index in [1.165, 1.54) is 4.90 Å². The number of nitrogens with zero attached hydrogens (tertiary/aromatic N) is 4. The zero-order chi connectivity index (χ0) is 29.6. The summed E-state index contributed by atoms with van der Waals surface area (Å²) < 4.78 is 11.5. The fraction of sp³-hybridized carbons (Fsp3) is 0.571. The molecular formula is C28H42N6O6. The van der Waals surface area contributed by atoms with Crippen LogP contribution >= 0.6 is 0 Å². The summed E-state index contributed by atoms with van der Waals surface area (Å²) in [7, 11) is 5.57. The normalized spacial score (nSPS) is 17.9. The van der Waals surface area contributed by atoms with E-state index in [0.29, 0.717) is 48.0 Å². The van der Waals surface area contributed by atoms with Gasteiger partial charge >= 0.3 is 6.03 Å². The van der Waals surface area contributed by atoms with Crippen LogP contribution in [0.5, 0.6) is 5.75 Å². The lowest BCUT2D eigenvalue weighted by Gasteiger charge is -2.38. The molecule has 0 unspecified atom stereocenters. The quantitative estimate of drug-likeness (QED) is 0.404.